The van der Waals surface area contributed by atoms with Crippen molar-refractivity contribution in [2.24, 2.45) is 0 Å². The van der Waals surface area contributed by atoms with Crippen molar-refractivity contribution in [1.29, 1.82) is 0 Å². The van der Waals surface area contributed by atoms with Crippen molar-refractivity contribution in [3.8, 4) is 0 Å². The lowest BCUT2D eigenvalue weighted by Crippen LogP contribution is -2.18. The number of nitrogens with one attached hydrogen (secondary N) is 1. The van der Waals surface area contributed by atoms with E-state index in [0.29, 0.717) is 5.92 Å². The van der Waals surface area contributed by atoms with Gasteiger partial charge in [-0.3, -0.25) is 4.79 Å². The predicted molar refractivity (Wildman–Crippen MR) is 83.3 cm³/mol. The molecule has 1 aromatic rings. The molecule has 3 nitrogen and oxygen atoms in total. The summed E-state index contributed by atoms with van der Waals surface area (Å²) < 4.78 is 4.61. The lowest BCUT2D eigenvalue weighted by Gasteiger charge is -2.11. The first-order chi connectivity index (χ1) is 9.40. The Morgan fingerprint density at radius 1 is 1.45 bits per heavy atom. The quantitative estimate of drug-likeness (QED) is 0.806. The third-order valence-corrected chi connectivity index (χ3v) is 3.30. The molecule has 0 amide bonds. The van der Waals surface area contributed by atoms with Crippen LogP contribution in [0.3, 0.4) is 0 Å². The number of carbonyl (C=O) groups excluding carboxylic acids is 1. The molecule has 20 heavy (non-hydrogen) atoms. The third kappa shape index (κ3) is 5.93. The lowest BCUT2D eigenvalue weighted by atomic mass is 9.96. The van der Waals surface area contributed by atoms with Gasteiger partial charge in [-0.05, 0) is 56.0 Å². The highest BCUT2D eigenvalue weighted by molar-refractivity contribution is 6.30. The Hall–Kier alpha value is -1.06. The molecule has 0 saturated heterocycles. The maximum Gasteiger partial charge on any atom is 0.302 e. The minimum absolute atomic E-state index is 0.0255. The van der Waals surface area contributed by atoms with E-state index in [9.17, 15) is 4.79 Å². The average molecular weight is 298 g/mol. The number of fused-ring (bicyclic) bond motifs is 1. The summed E-state index contributed by atoms with van der Waals surface area (Å²) in [5, 5.41) is 4.27. The topological polar surface area (TPSA) is 38.3 Å². The van der Waals surface area contributed by atoms with Gasteiger partial charge in [0, 0.05) is 18.5 Å². The molecular weight excluding hydrogens is 274 g/mol. The summed E-state index contributed by atoms with van der Waals surface area (Å²) in [6.45, 7) is 9.43. The van der Waals surface area contributed by atoms with Crippen molar-refractivity contribution in [2.45, 2.75) is 46.1 Å². The second-order valence-electron chi connectivity index (χ2n) is 5.36. The van der Waals surface area contributed by atoms with E-state index in [0.717, 1.165) is 24.5 Å². The van der Waals surface area contributed by atoms with E-state index in [-0.39, 0.29) is 12.1 Å². The zero-order valence-electron chi connectivity index (χ0n) is 12.7. The van der Waals surface area contributed by atoms with Gasteiger partial charge in [-0.25, -0.2) is 0 Å². The fraction of sp³-hybridized carbons (Fsp3) is 0.562. The zero-order chi connectivity index (χ0) is 15.1. The summed E-state index contributed by atoms with van der Waals surface area (Å²) in [6, 6.07) is 6.24. The van der Waals surface area contributed by atoms with Crippen molar-refractivity contribution in [3.05, 3.63) is 34.3 Å². The normalized spacial score (nSPS) is 17.6. The van der Waals surface area contributed by atoms with E-state index >= 15 is 0 Å². The molecule has 2 rings (SSSR count). The van der Waals surface area contributed by atoms with Crippen LogP contribution in [0, 0.1) is 0 Å². The molecule has 0 fully saturated rings. The molecule has 1 aromatic carbocycles. The van der Waals surface area contributed by atoms with E-state index in [1.165, 1.54) is 18.1 Å². The van der Waals surface area contributed by atoms with Crippen molar-refractivity contribution in [3.63, 3.8) is 0 Å². The first-order valence-corrected chi connectivity index (χ1v) is 7.44. The number of ether oxygens (including phenoxy) is 1. The summed E-state index contributed by atoms with van der Waals surface area (Å²) in [6.07, 6.45) is 1.15. The van der Waals surface area contributed by atoms with Crippen LogP contribution in [0.4, 0.5) is 0 Å². The van der Waals surface area contributed by atoms with E-state index in [4.69, 9.17) is 11.6 Å². The van der Waals surface area contributed by atoms with Crippen LogP contribution in [0.1, 0.15) is 44.7 Å². The molecule has 1 aliphatic heterocycles. The molecule has 1 heterocycles. The minimum Gasteiger partial charge on any atom is -0.463 e. The van der Waals surface area contributed by atoms with Gasteiger partial charge in [-0.2, -0.15) is 0 Å². The summed E-state index contributed by atoms with van der Waals surface area (Å²) in [4.78, 5) is 10.0. The number of hydrogen-bond acceptors (Lipinski definition) is 3. The number of esters is 1. The van der Waals surface area contributed by atoms with Crippen LogP contribution < -0.4 is 5.32 Å². The van der Waals surface area contributed by atoms with Crippen LogP contribution in [0.15, 0.2) is 18.2 Å². The molecule has 4 heteroatoms. The highest BCUT2D eigenvalue weighted by Crippen LogP contribution is 2.25. The number of halogens is 1. The molecule has 0 spiro atoms. The van der Waals surface area contributed by atoms with Gasteiger partial charge in [0.25, 0.3) is 0 Å². The standard InChI is InChI=1S/C11H14ClN.C5H10O2/c1-8-7-13-5-4-9-2-3-10(12)6-11(8)9;1-4(2)7-5(3)6/h2-3,6,8,13H,4-5,7H2,1H3;4H,1-3H3/t8-;/m0./s1. The molecule has 0 unspecified atom stereocenters. The summed E-state index contributed by atoms with van der Waals surface area (Å²) in [7, 11) is 0. The SMILES string of the molecule is CC(=O)OC(C)C.C[C@H]1CNCCc2ccc(Cl)cc21. The summed E-state index contributed by atoms with van der Waals surface area (Å²) in [5.41, 5.74) is 2.86. The smallest absolute Gasteiger partial charge is 0.302 e. The number of carbonyl (C=O) groups is 1. The molecule has 0 aliphatic carbocycles. The second-order valence-corrected chi connectivity index (χ2v) is 5.79. The fourth-order valence-electron chi connectivity index (χ4n) is 2.24. The van der Waals surface area contributed by atoms with Crippen molar-refractivity contribution in [2.75, 3.05) is 13.1 Å². The van der Waals surface area contributed by atoms with Crippen molar-refractivity contribution in [1.82, 2.24) is 5.32 Å². The van der Waals surface area contributed by atoms with Crippen LogP contribution in [0.25, 0.3) is 0 Å². The average Bonchev–Trinajstić information content (AvgIpc) is 2.51. The predicted octanol–water partition coefficient (Wildman–Crippen LogP) is 3.55. The van der Waals surface area contributed by atoms with E-state index < -0.39 is 0 Å². The maximum absolute atomic E-state index is 10.0. The van der Waals surface area contributed by atoms with Crippen LogP contribution in [-0.2, 0) is 16.0 Å². The maximum atomic E-state index is 10.0. The zero-order valence-corrected chi connectivity index (χ0v) is 13.5. The number of hydrogen-bond donors (Lipinski definition) is 1. The van der Waals surface area contributed by atoms with Gasteiger partial charge in [0.2, 0.25) is 0 Å². The summed E-state index contributed by atoms with van der Waals surface area (Å²) in [5.74, 6) is 0.367. The number of rotatable bonds is 1. The monoisotopic (exact) mass is 297 g/mol. The Bertz CT molecular complexity index is 446. The number of benzene rings is 1. The highest BCUT2D eigenvalue weighted by atomic mass is 35.5. The van der Waals surface area contributed by atoms with Gasteiger partial charge < -0.3 is 10.1 Å². The summed E-state index contributed by atoms with van der Waals surface area (Å²) >= 11 is 5.97. The van der Waals surface area contributed by atoms with Crippen LogP contribution in [-0.4, -0.2) is 25.2 Å². The first-order valence-electron chi connectivity index (χ1n) is 7.06. The van der Waals surface area contributed by atoms with Crippen LogP contribution in [0.5, 0.6) is 0 Å². The Kier molecular flexibility index (Phi) is 7.03. The Morgan fingerprint density at radius 3 is 2.70 bits per heavy atom. The van der Waals surface area contributed by atoms with Crippen LogP contribution >= 0.6 is 11.6 Å². The Balaban J connectivity index is 0.000000246. The van der Waals surface area contributed by atoms with Gasteiger partial charge >= 0.3 is 5.97 Å². The molecule has 112 valence electrons. The molecule has 0 radical (unpaired) electrons. The second kappa shape index (κ2) is 8.28. The van der Waals surface area contributed by atoms with Crippen molar-refractivity contribution < 1.29 is 9.53 Å². The van der Waals surface area contributed by atoms with Gasteiger partial charge in [-0.15, -0.1) is 0 Å². The molecule has 0 aromatic heterocycles. The molecule has 0 bridgehead atoms. The Morgan fingerprint density at radius 2 is 2.15 bits per heavy atom. The van der Waals surface area contributed by atoms with Gasteiger partial charge in [0.15, 0.2) is 0 Å². The highest BCUT2D eigenvalue weighted by Gasteiger charge is 2.13. The van der Waals surface area contributed by atoms with Crippen molar-refractivity contribution >= 4 is 17.6 Å². The molecule has 0 saturated carbocycles. The molecule has 1 N–H and O–H groups in total. The van der Waals surface area contributed by atoms with Crippen LogP contribution in [0.2, 0.25) is 5.02 Å². The van der Waals surface area contributed by atoms with E-state index in [1.54, 1.807) is 0 Å². The molecule has 1 atom stereocenters. The van der Waals surface area contributed by atoms with Gasteiger partial charge in [0.05, 0.1) is 6.10 Å². The third-order valence-electron chi connectivity index (χ3n) is 3.06. The molecular formula is C16H24ClNO2. The van der Waals surface area contributed by atoms with E-state index in [2.05, 4.69) is 29.1 Å². The van der Waals surface area contributed by atoms with E-state index in [1.807, 2.05) is 19.9 Å². The fourth-order valence-corrected chi connectivity index (χ4v) is 2.42. The molecule has 1 aliphatic rings. The van der Waals surface area contributed by atoms with Gasteiger partial charge in [-0.1, -0.05) is 24.6 Å². The minimum atomic E-state index is -0.213. The Labute approximate surface area is 126 Å². The van der Waals surface area contributed by atoms with Gasteiger partial charge in [0.1, 0.15) is 0 Å². The largest absolute Gasteiger partial charge is 0.463 e. The lowest BCUT2D eigenvalue weighted by molar-refractivity contribution is -0.144. The first kappa shape index (κ1) is 17.0.